The highest BCUT2D eigenvalue weighted by molar-refractivity contribution is 5.78. The number of nitrogens with zero attached hydrogens (tertiary/aromatic N) is 1. The Balaban J connectivity index is 1.16. The molecule has 0 aromatic carbocycles. The standard InChI is InChI=1S/C29H47NO5/c1-18(4-11-27(34)35-17-30-25(32)9-10-26(30)33)22-7-8-23-21-6-5-19-16-20(31)12-14-28(19,2)24(21)13-15-29(22,23)3/h18-25,31-32H,4-17H2,1-3H3/t18-,19-,20-,21+,22-,23+,24+,25?,28+,29-/m1/s1. The fourth-order valence-electron chi connectivity index (χ4n) is 9.85. The van der Waals surface area contributed by atoms with E-state index in [-0.39, 0.29) is 24.7 Å². The summed E-state index contributed by atoms with van der Waals surface area (Å²) in [5.74, 6) is 3.87. The van der Waals surface area contributed by atoms with E-state index in [1.54, 1.807) is 0 Å². The highest BCUT2D eigenvalue weighted by Crippen LogP contribution is 2.68. The molecule has 1 amide bonds. The number of aliphatic hydroxyl groups excluding tert-OH is 2. The molecule has 0 bridgehead atoms. The molecule has 5 rings (SSSR count). The second-order valence-electron chi connectivity index (χ2n) is 13.4. The summed E-state index contributed by atoms with van der Waals surface area (Å²) in [7, 11) is 0. The van der Waals surface area contributed by atoms with Gasteiger partial charge in [-0.1, -0.05) is 20.8 Å². The van der Waals surface area contributed by atoms with Crippen LogP contribution in [0.15, 0.2) is 0 Å². The lowest BCUT2D eigenvalue weighted by atomic mass is 9.44. The third-order valence-electron chi connectivity index (χ3n) is 11.9. The second kappa shape index (κ2) is 9.63. The highest BCUT2D eigenvalue weighted by atomic mass is 16.5. The molecule has 35 heavy (non-hydrogen) atoms. The van der Waals surface area contributed by atoms with Crippen molar-refractivity contribution in [3.05, 3.63) is 0 Å². The summed E-state index contributed by atoms with van der Waals surface area (Å²) in [6.45, 7) is 7.31. The summed E-state index contributed by atoms with van der Waals surface area (Å²) in [5.41, 5.74) is 0.787. The fraction of sp³-hybridized carbons (Fsp3) is 0.931. The summed E-state index contributed by atoms with van der Waals surface area (Å²) >= 11 is 0. The van der Waals surface area contributed by atoms with Gasteiger partial charge in [0.15, 0.2) is 6.73 Å². The topological polar surface area (TPSA) is 87.1 Å². The minimum absolute atomic E-state index is 0.0808. The minimum atomic E-state index is -0.823. The molecule has 0 radical (unpaired) electrons. The fourth-order valence-corrected chi connectivity index (χ4v) is 9.85. The number of carbonyl (C=O) groups is 2. The zero-order chi connectivity index (χ0) is 25.0. The van der Waals surface area contributed by atoms with Crippen LogP contribution < -0.4 is 0 Å². The van der Waals surface area contributed by atoms with Crippen LogP contribution in [0, 0.1) is 46.3 Å². The van der Waals surface area contributed by atoms with Gasteiger partial charge in [-0.25, -0.2) is 0 Å². The number of rotatable bonds is 6. The van der Waals surface area contributed by atoms with E-state index < -0.39 is 6.23 Å². The minimum Gasteiger partial charge on any atom is -0.444 e. The zero-order valence-electron chi connectivity index (χ0n) is 22.1. The van der Waals surface area contributed by atoms with Crippen LogP contribution in [0.25, 0.3) is 0 Å². The molecule has 198 valence electrons. The predicted octanol–water partition coefficient (Wildman–Crippen LogP) is 4.86. The SMILES string of the molecule is C[C@H](CCC(=O)OCN1C(=O)CCC1O)[C@H]1CC[C@H]2[C@@H]3CC[C@@H]4C[C@H](O)CC[C@]4(C)[C@H]3CC[C@]12C. The van der Waals surface area contributed by atoms with Crippen molar-refractivity contribution in [1.82, 2.24) is 4.90 Å². The van der Waals surface area contributed by atoms with Crippen LogP contribution in [-0.2, 0) is 14.3 Å². The molecular weight excluding hydrogens is 442 g/mol. The summed E-state index contributed by atoms with van der Waals surface area (Å²) in [6.07, 6.45) is 12.1. The molecule has 10 atom stereocenters. The van der Waals surface area contributed by atoms with Crippen molar-refractivity contribution in [3.8, 4) is 0 Å². The monoisotopic (exact) mass is 489 g/mol. The van der Waals surface area contributed by atoms with Gasteiger partial charge in [-0.2, -0.15) is 0 Å². The number of carbonyl (C=O) groups excluding carboxylic acids is 2. The third kappa shape index (κ3) is 4.45. The maximum Gasteiger partial charge on any atom is 0.307 e. The maximum absolute atomic E-state index is 12.4. The molecule has 2 N–H and O–H groups in total. The Morgan fingerprint density at radius 1 is 1.03 bits per heavy atom. The molecule has 4 saturated carbocycles. The molecular formula is C29H47NO5. The summed E-state index contributed by atoms with van der Waals surface area (Å²) in [6, 6.07) is 0. The number of aliphatic hydroxyl groups is 2. The molecule has 0 spiro atoms. The Labute approximate surface area is 211 Å². The van der Waals surface area contributed by atoms with Crippen LogP contribution in [0.1, 0.15) is 104 Å². The third-order valence-corrected chi connectivity index (χ3v) is 11.9. The van der Waals surface area contributed by atoms with Crippen LogP contribution in [0.4, 0.5) is 0 Å². The lowest BCUT2D eigenvalue weighted by Gasteiger charge is -2.61. The van der Waals surface area contributed by atoms with E-state index in [2.05, 4.69) is 20.8 Å². The summed E-state index contributed by atoms with van der Waals surface area (Å²) < 4.78 is 5.34. The van der Waals surface area contributed by atoms with Gasteiger partial charge in [0.1, 0.15) is 6.23 Å². The molecule has 4 aliphatic carbocycles. The van der Waals surface area contributed by atoms with E-state index in [4.69, 9.17) is 4.74 Å². The Kier molecular flexibility index (Phi) is 7.02. The largest absolute Gasteiger partial charge is 0.444 e. The Morgan fingerprint density at radius 3 is 2.51 bits per heavy atom. The van der Waals surface area contributed by atoms with Gasteiger partial charge in [-0.15, -0.1) is 0 Å². The van der Waals surface area contributed by atoms with Crippen LogP contribution in [0.5, 0.6) is 0 Å². The smallest absolute Gasteiger partial charge is 0.307 e. The number of ether oxygens (including phenoxy) is 1. The van der Waals surface area contributed by atoms with Crippen molar-refractivity contribution >= 4 is 11.9 Å². The molecule has 1 heterocycles. The Hall–Kier alpha value is -1.14. The first-order chi connectivity index (χ1) is 16.6. The number of hydrogen-bond acceptors (Lipinski definition) is 5. The van der Waals surface area contributed by atoms with E-state index in [1.165, 1.54) is 49.8 Å². The van der Waals surface area contributed by atoms with Gasteiger partial charge < -0.3 is 14.9 Å². The molecule has 6 heteroatoms. The van der Waals surface area contributed by atoms with Gasteiger partial charge in [-0.05, 0) is 111 Å². The van der Waals surface area contributed by atoms with Crippen molar-refractivity contribution in [2.75, 3.05) is 6.73 Å². The number of esters is 1. The highest BCUT2D eigenvalue weighted by Gasteiger charge is 2.60. The van der Waals surface area contributed by atoms with E-state index >= 15 is 0 Å². The molecule has 6 nitrogen and oxygen atoms in total. The number of likely N-dealkylation sites (tertiary alicyclic amines) is 1. The van der Waals surface area contributed by atoms with Crippen molar-refractivity contribution in [3.63, 3.8) is 0 Å². The first-order valence-corrected chi connectivity index (χ1v) is 14.4. The van der Waals surface area contributed by atoms with E-state index in [0.29, 0.717) is 47.8 Å². The van der Waals surface area contributed by atoms with Gasteiger partial charge in [0.05, 0.1) is 6.10 Å². The first-order valence-electron chi connectivity index (χ1n) is 14.4. The average Bonchev–Trinajstić information content (AvgIpc) is 3.34. The van der Waals surface area contributed by atoms with Crippen LogP contribution in [0.2, 0.25) is 0 Å². The predicted molar refractivity (Wildman–Crippen MR) is 133 cm³/mol. The van der Waals surface area contributed by atoms with Crippen molar-refractivity contribution < 1.29 is 24.5 Å². The van der Waals surface area contributed by atoms with Gasteiger partial charge in [0.25, 0.3) is 0 Å². The zero-order valence-corrected chi connectivity index (χ0v) is 22.1. The van der Waals surface area contributed by atoms with Crippen LogP contribution in [0.3, 0.4) is 0 Å². The van der Waals surface area contributed by atoms with E-state index in [1.807, 2.05) is 0 Å². The summed E-state index contributed by atoms with van der Waals surface area (Å²) in [4.78, 5) is 25.5. The molecule has 1 aliphatic heterocycles. The first kappa shape index (κ1) is 25.5. The molecule has 0 aromatic heterocycles. The molecule has 5 aliphatic rings. The molecule has 1 unspecified atom stereocenters. The van der Waals surface area contributed by atoms with Crippen molar-refractivity contribution in [2.45, 2.75) is 117 Å². The van der Waals surface area contributed by atoms with Crippen LogP contribution >= 0.6 is 0 Å². The lowest BCUT2D eigenvalue weighted by molar-refractivity contribution is -0.157. The van der Waals surface area contributed by atoms with Gasteiger partial charge in [-0.3, -0.25) is 14.5 Å². The number of hydrogen-bond donors (Lipinski definition) is 2. The Bertz CT molecular complexity index is 817. The van der Waals surface area contributed by atoms with E-state index in [0.717, 1.165) is 37.0 Å². The lowest BCUT2D eigenvalue weighted by Crippen LogP contribution is -2.54. The van der Waals surface area contributed by atoms with E-state index in [9.17, 15) is 19.8 Å². The normalized spacial score (nSPS) is 46.0. The van der Waals surface area contributed by atoms with Gasteiger partial charge in [0, 0.05) is 19.3 Å². The molecule has 1 saturated heterocycles. The molecule has 5 fully saturated rings. The van der Waals surface area contributed by atoms with Crippen molar-refractivity contribution in [1.29, 1.82) is 0 Å². The average molecular weight is 490 g/mol. The van der Waals surface area contributed by atoms with Gasteiger partial charge in [0.2, 0.25) is 5.91 Å². The van der Waals surface area contributed by atoms with Crippen LogP contribution in [-0.4, -0.2) is 46.1 Å². The quantitative estimate of drug-likeness (QED) is 0.520. The van der Waals surface area contributed by atoms with Crippen molar-refractivity contribution in [2.24, 2.45) is 46.3 Å². The maximum atomic E-state index is 12.4. The second-order valence-corrected chi connectivity index (χ2v) is 13.4. The summed E-state index contributed by atoms with van der Waals surface area (Å²) in [5, 5.41) is 20.1. The number of fused-ring (bicyclic) bond motifs is 5. The number of amides is 1. The Morgan fingerprint density at radius 2 is 1.77 bits per heavy atom. The molecule has 0 aromatic rings. The van der Waals surface area contributed by atoms with Gasteiger partial charge >= 0.3 is 5.97 Å².